The molecule has 12 unspecified atom stereocenters. The lowest BCUT2D eigenvalue weighted by atomic mass is 9.97. The maximum atomic E-state index is 13.2. The van der Waals surface area contributed by atoms with Crippen LogP contribution in [0.3, 0.4) is 0 Å². The summed E-state index contributed by atoms with van der Waals surface area (Å²) < 4.78 is 22.8. The van der Waals surface area contributed by atoms with Crippen molar-refractivity contribution in [3.63, 3.8) is 0 Å². The molecule has 12 atom stereocenters. The van der Waals surface area contributed by atoms with Crippen molar-refractivity contribution in [3.05, 3.63) is 122 Å². The second-order valence-electron chi connectivity index (χ2n) is 22.5. The van der Waals surface area contributed by atoms with Crippen molar-refractivity contribution in [2.75, 3.05) is 19.8 Å². The molecule has 2 rings (SSSR count). The molecule has 9 N–H and O–H groups in total. The molecule has 0 radical (unpaired) electrons. The molecule has 2 aliphatic heterocycles. The monoisotopic (exact) mass is 1180 g/mol. The van der Waals surface area contributed by atoms with Crippen LogP contribution < -0.4 is 5.32 Å². The molecule has 0 aromatic rings. The van der Waals surface area contributed by atoms with E-state index in [1.54, 1.807) is 0 Å². The summed E-state index contributed by atoms with van der Waals surface area (Å²) in [5.74, 6) is -0.219. The Balaban J connectivity index is 1.57. The topological polar surface area (TPSA) is 228 Å². The summed E-state index contributed by atoms with van der Waals surface area (Å²) in [6.07, 6.45) is 61.0. The van der Waals surface area contributed by atoms with Crippen LogP contribution in [0.5, 0.6) is 0 Å². The van der Waals surface area contributed by atoms with E-state index < -0.39 is 86.8 Å². The van der Waals surface area contributed by atoms with Crippen molar-refractivity contribution in [2.24, 2.45) is 0 Å². The number of unbranched alkanes of at least 4 members (excludes halogenated alkanes) is 18. The van der Waals surface area contributed by atoms with Gasteiger partial charge in [-0.3, -0.25) is 4.79 Å². The smallest absolute Gasteiger partial charge is 0.220 e. The molecule has 0 bridgehead atoms. The van der Waals surface area contributed by atoms with Gasteiger partial charge in [0.2, 0.25) is 5.91 Å². The summed E-state index contributed by atoms with van der Waals surface area (Å²) in [6.45, 7) is 2.69. The highest BCUT2D eigenvalue weighted by molar-refractivity contribution is 5.76. The van der Waals surface area contributed by atoms with E-state index in [4.69, 9.17) is 18.9 Å². The van der Waals surface area contributed by atoms with Crippen molar-refractivity contribution in [2.45, 2.75) is 293 Å². The van der Waals surface area contributed by atoms with Gasteiger partial charge in [0.05, 0.1) is 32.0 Å². The number of rotatable bonds is 51. The van der Waals surface area contributed by atoms with Crippen LogP contribution in [0.1, 0.15) is 219 Å². The number of nitrogens with one attached hydrogen (secondary N) is 1. The van der Waals surface area contributed by atoms with Gasteiger partial charge in [-0.15, -0.1) is 0 Å². The first kappa shape index (κ1) is 76.5. The molecule has 0 spiro atoms. The van der Waals surface area contributed by atoms with Gasteiger partial charge >= 0.3 is 0 Å². The number of hydrogen-bond acceptors (Lipinski definition) is 13. The lowest BCUT2D eigenvalue weighted by Gasteiger charge is -2.46. The molecule has 2 heterocycles. The molecule has 2 fully saturated rings. The molecule has 0 aromatic heterocycles. The van der Waals surface area contributed by atoms with Crippen molar-refractivity contribution >= 4 is 5.91 Å². The number of allylic oxidation sites excluding steroid dienone is 20. The van der Waals surface area contributed by atoms with Gasteiger partial charge in [0.1, 0.15) is 48.8 Å². The quantitative estimate of drug-likeness (QED) is 0.0204. The van der Waals surface area contributed by atoms with E-state index >= 15 is 0 Å². The SMILES string of the molecule is CC/C=C\C/C=C\C/C=C\C/C=C\C/C=C\C/C=C\C/C=C\C/C=C\C/C=C\C/C=C\CCCCCCCCCCCCC(=O)NC(COC1OC(CO)C(OC2OC(CO)C(O)C(O)C2O)C(O)C1O)C(O)CCCCCCCCCCC. The Labute approximate surface area is 508 Å². The third kappa shape index (κ3) is 37.8. The van der Waals surface area contributed by atoms with E-state index in [1.807, 2.05) is 0 Å². The minimum absolute atomic E-state index is 0.219. The highest BCUT2D eigenvalue weighted by atomic mass is 16.7. The van der Waals surface area contributed by atoms with Crippen molar-refractivity contribution in [3.8, 4) is 0 Å². The van der Waals surface area contributed by atoms with Crippen molar-refractivity contribution < 1.29 is 64.6 Å². The van der Waals surface area contributed by atoms with Gasteiger partial charge in [0.15, 0.2) is 12.6 Å². The summed E-state index contributed by atoms with van der Waals surface area (Å²) in [5, 5.41) is 87.1. The number of hydrogen-bond donors (Lipinski definition) is 9. The highest BCUT2D eigenvalue weighted by Crippen LogP contribution is 2.30. The third-order valence-electron chi connectivity index (χ3n) is 15.2. The fourth-order valence-corrected chi connectivity index (χ4v) is 9.97. The Morgan fingerprint density at radius 3 is 1.26 bits per heavy atom. The van der Waals surface area contributed by atoms with Crippen LogP contribution in [0.2, 0.25) is 0 Å². The third-order valence-corrected chi connectivity index (χ3v) is 15.2. The molecule has 0 aromatic carbocycles. The molecule has 14 nitrogen and oxygen atoms in total. The first-order valence-corrected chi connectivity index (χ1v) is 32.8. The fourth-order valence-electron chi connectivity index (χ4n) is 9.97. The van der Waals surface area contributed by atoms with E-state index in [0.29, 0.717) is 19.3 Å². The predicted octanol–water partition coefficient (Wildman–Crippen LogP) is 12.6. The maximum absolute atomic E-state index is 13.2. The lowest BCUT2D eigenvalue weighted by molar-refractivity contribution is -0.359. The molecular formula is C70H117NO13. The molecule has 2 saturated heterocycles. The minimum Gasteiger partial charge on any atom is -0.394 e. The van der Waals surface area contributed by atoms with Gasteiger partial charge in [0.25, 0.3) is 0 Å². The number of carbonyl (C=O) groups excluding carboxylic acids is 1. The van der Waals surface area contributed by atoms with Gasteiger partial charge in [-0.25, -0.2) is 0 Å². The van der Waals surface area contributed by atoms with E-state index in [0.717, 1.165) is 116 Å². The average molecular weight is 1180 g/mol. The maximum Gasteiger partial charge on any atom is 0.220 e. The first-order valence-electron chi connectivity index (χ1n) is 32.8. The van der Waals surface area contributed by atoms with Gasteiger partial charge < -0.3 is 65.1 Å². The second kappa shape index (κ2) is 53.6. The lowest BCUT2D eigenvalue weighted by Crippen LogP contribution is -2.65. The van der Waals surface area contributed by atoms with E-state index in [1.165, 1.54) is 70.6 Å². The molecule has 0 aliphatic carbocycles. The zero-order valence-electron chi connectivity index (χ0n) is 51.8. The van der Waals surface area contributed by atoms with Gasteiger partial charge in [0, 0.05) is 6.42 Å². The fraction of sp³-hybridized carbons (Fsp3) is 0.700. The summed E-state index contributed by atoms with van der Waals surface area (Å²) >= 11 is 0. The largest absolute Gasteiger partial charge is 0.394 e. The Bertz CT molecular complexity index is 1870. The minimum atomic E-state index is -1.79. The molecule has 0 saturated carbocycles. The van der Waals surface area contributed by atoms with Gasteiger partial charge in [-0.2, -0.15) is 0 Å². The van der Waals surface area contributed by atoms with E-state index in [9.17, 15) is 45.6 Å². The molecular weight excluding hydrogens is 1060 g/mol. The second-order valence-corrected chi connectivity index (χ2v) is 22.5. The number of ether oxygens (including phenoxy) is 4. The van der Waals surface area contributed by atoms with Crippen molar-refractivity contribution in [1.29, 1.82) is 0 Å². The average Bonchev–Trinajstić information content (AvgIpc) is 2.28. The predicted molar refractivity (Wildman–Crippen MR) is 341 cm³/mol. The van der Waals surface area contributed by atoms with Crippen LogP contribution in [-0.4, -0.2) is 140 Å². The zero-order chi connectivity index (χ0) is 60.9. The van der Waals surface area contributed by atoms with E-state index in [-0.39, 0.29) is 12.5 Å². The summed E-state index contributed by atoms with van der Waals surface area (Å²) in [7, 11) is 0. The van der Waals surface area contributed by atoms with Gasteiger partial charge in [-0.05, 0) is 89.9 Å². The Kier molecular flexibility index (Phi) is 48.8. The summed E-state index contributed by atoms with van der Waals surface area (Å²) in [6, 6.07) is -0.836. The van der Waals surface area contributed by atoms with Crippen LogP contribution in [0.15, 0.2) is 122 Å². The Morgan fingerprint density at radius 2 is 0.821 bits per heavy atom. The molecule has 480 valence electrons. The number of aliphatic hydroxyl groups excluding tert-OH is 8. The van der Waals surface area contributed by atoms with Crippen LogP contribution >= 0.6 is 0 Å². The summed E-state index contributed by atoms with van der Waals surface area (Å²) in [5.41, 5.74) is 0. The van der Waals surface area contributed by atoms with Crippen molar-refractivity contribution in [1.82, 2.24) is 5.32 Å². The van der Waals surface area contributed by atoms with Crippen LogP contribution in [0.4, 0.5) is 0 Å². The summed E-state index contributed by atoms with van der Waals surface area (Å²) in [4.78, 5) is 13.2. The van der Waals surface area contributed by atoms with Gasteiger partial charge in [-0.1, -0.05) is 245 Å². The molecule has 14 heteroatoms. The number of amides is 1. The van der Waals surface area contributed by atoms with Crippen LogP contribution in [-0.2, 0) is 23.7 Å². The number of carbonyl (C=O) groups is 1. The number of aliphatic hydroxyl groups is 8. The molecule has 1 amide bonds. The van der Waals surface area contributed by atoms with E-state index in [2.05, 4.69) is 141 Å². The Hall–Kier alpha value is -3.61. The molecule has 84 heavy (non-hydrogen) atoms. The van der Waals surface area contributed by atoms with Crippen LogP contribution in [0.25, 0.3) is 0 Å². The zero-order valence-corrected chi connectivity index (χ0v) is 51.8. The van der Waals surface area contributed by atoms with Crippen LogP contribution in [0, 0.1) is 0 Å². The standard InChI is InChI=1S/C70H117NO13/c1-3-5-7-9-11-13-14-15-16-17-18-19-20-21-22-23-24-25-26-27-28-29-30-31-32-33-34-35-36-37-38-39-40-41-42-43-44-46-48-50-52-54-62(75)71-58(59(74)53-51-49-47-45-12-10-8-6-4-2)57-81-69-67(80)65(78)68(61(56-73)83-69)84-70-66(79)64(77)63(76)60(55-72)82-70/h5,7,11,13,15-16,18-19,21-22,24-25,27-28,30-31,33-34,36-37,58-61,63-70,72-74,76-80H,3-4,6,8-10,12,14,17,20,23,26,29,32,35,38-57H2,1-2H3,(H,71,75)/b7-5-,13-11-,16-15-,19-18-,22-21-,25-24-,28-27-,31-30-,34-33-,37-36-. The first-order chi connectivity index (χ1) is 41.1. The normalized spacial score (nSPS) is 24.5. The molecule has 2 aliphatic rings. The Morgan fingerprint density at radius 1 is 0.440 bits per heavy atom. The highest BCUT2D eigenvalue weighted by Gasteiger charge is 2.51.